The van der Waals surface area contributed by atoms with Crippen molar-refractivity contribution >= 4 is 6.09 Å². The smallest absolute Gasteiger partial charge is 0.418 e. The first kappa shape index (κ1) is 9.84. The number of hydrogen-bond donors (Lipinski definition) is 0. The van der Waals surface area contributed by atoms with Gasteiger partial charge in [0.05, 0.1) is 0 Å². The molecule has 0 N–H and O–H groups in total. The third kappa shape index (κ3) is 2.61. The van der Waals surface area contributed by atoms with E-state index in [1.807, 2.05) is 39.8 Å². The summed E-state index contributed by atoms with van der Waals surface area (Å²) in [5.41, 5.74) is 0.447. The van der Waals surface area contributed by atoms with E-state index in [9.17, 15) is 4.79 Å². The van der Waals surface area contributed by atoms with Gasteiger partial charge in [0.15, 0.2) is 0 Å². The van der Waals surface area contributed by atoms with Gasteiger partial charge >= 0.3 is 6.09 Å². The molecule has 0 atom stereocenters. The quantitative estimate of drug-likeness (QED) is 0.616. The highest BCUT2D eigenvalue weighted by Crippen LogP contribution is 2.10. The van der Waals surface area contributed by atoms with Gasteiger partial charge < -0.3 is 4.74 Å². The lowest BCUT2D eigenvalue weighted by Gasteiger charge is -2.19. The van der Waals surface area contributed by atoms with E-state index in [0.29, 0.717) is 0 Å². The van der Waals surface area contributed by atoms with Gasteiger partial charge in [0.2, 0.25) is 0 Å². The molecule has 72 valence electrons. The molecule has 1 heterocycles. The van der Waals surface area contributed by atoms with E-state index < -0.39 is 5.60 Å². The second-order valence-electron chi connectivity index (χ2n) is 4.00. The third-order valence-electron chi connectivity index (χ3n) is 1.54. The molecule has 0 spiro atoms. The molecular weight excluding hydrogens is 166 g/mol. The summed E-state index contributed by atoms with van der Waals surface area (Å²) in [6.45, 7) is 7.42. The van der Waals surface area contributed by atoms with Crippen molar-refractivity contribution < 1.29 is 9.53 Å². The summed E-state index contributed by atoms with van der Waals surface area (Å²) in [4.78, 5) is 11.5. The molecule has 0 fully saturated rings. The van der Waals surface area contributed by atoms with Gasteiger partial charge in [-0.05, 0) is 39.8 Å². The Hall–Kier alpha value is -1.25. The molecule has 0 aliphatic carbocycles. The van der Waals surface area contributed by atoms with E-state index in [1.165, 1.54) is 4.57 Å². The van der Waals surface area contributed by atoms with Crippen molar-refractivity contribution in [2.45, 2.75) is 33.3 Å². The van der Waals surface area contributed by atoms with E-state index in [2.05, 4.69) is 0 Å². The topological polar surface area (TPSA) is 31.2 Å². The number of carbonyl (C=O) groups excluding carboxylic acids is 1. The molecule has 0 aliphatic heterocycles. The maximum atomic E-state index is 11.5. The number of nitrogens with zero attached hydrogens (tertiary/aromatic N) is 1. The zero-order chi connectivity index (χ0) is 10.1. The molecule has 0 saturated carbocycles. The average Bonchev–Trinajstić information content (AvgIpc) is 2.30. The highest BCUT2D eigenvalue weighted by molar-refractivity contribution is 5.71. The molecule has 0 bridgehead atoms. The molecule has 1 aromatic heterocycles. The van der Waals surface area contributed by atoms with Crippen LogP contribution >= 0.6 is 0 Å². The van der Waals surface area contributed by atoms with Crippen molar-refractivity contribution in [2.24, 2.45) is 0 Å². The van der Waals surface area contributed by atoms with Crippen LogP contribution in [0, 0.1) is 6.92 Å². The highest BCUT2D eigenvalue weighted by atomic mass is 16.6. The summed E-state index contributed by atoms with van der Waals surface area (Å²) in [6.07, 6.45) is 1.37. The number of ether oxygens (including phenoxy) is 1. The predicted octanol–water partition coefficient (Wildman–Crippen LogP) is 2.58. The summed E-state index contributed by atoms with van der Waals surface area (Å²) in [5, 5.41) is 0. The number of rotatable bonds is 0. The van der Waals surface area contributed by atoms with Gasteiger partial charge in [0.1, 0.15) is 5.60 Å². The first-order valence-corrected chi connectivity index (χ1v) is 4.27. The SMILES string of the molecule is Cc1cccn1C(=O)OC(C)(C)C. The van der Waals surface area contributed by atoms with E-state index >= 15 is 0 Å². The lowest BCUT2D eigenvalue weighted by molar-refractivity contribution is 0.0534. The summed E-state index contributed by atoms with van der Waals surface area (Å²) in [6, 6.07) is 3.68. The minimum absolute atomic E-state index is 0.324. The van der Waals surface area contributed by atoms with Crippen molar-refractivity contribution in [2.75, 3.05) is 0 Å². The number of hydrogen-bond acceptors (Lipinski definition) is 2. The Morgan fingerprint density at radius 1 is 1.46 bits per heavy atom. The zero-order valence-electron chi connectivity index (χ0n) is 8.50. The molecule has 0 unspecified atom stereocenters. The Balaban J connectivity index is 2.76. The maximum Gasteiger partial charge on any atom is 0.418 e. The van der Waals surface area contributed by atoms with Crippen LogP contribution in [0.3, 0.4) is 0 Å². The summed E-state index contributed by atoms with van der Waals surface area (Å²) in [5.74, 6) is 0. The van der Waals surface area contributed by atoms with E-state index in [-0.39, 0.29) is 6.09 Å². The number of aromatic nitrogens is 1. The first-order chi connectivity index (χ1) is 5.90. The van der Waals surface area contributed by atoms with Gasteiger partial charge in [0.25, 0.3) is 0 Å². The Morgan fingerprint density at radius 3 is 2.46 bits per heavy atom. The Labute approximate surface area is 78.3 Å². The van der Waals surface area contributed by atoms with Gasteiger partial charge in [-0.25, -0.2) is 4.79 Å². The molecule has 0 radical (unpaired) electrons. The largest absolute Gasteiger partial charge is 0.443 e. The fourth-order valence-corrected chi connectivity index (χ4v) is 0.982. The van der Waals surface area contributed by atoms with Crippen molar-refractivity contribution in [3.63, 3.8) is 0 Å². The second kappa shape index (κ2) is 3.24. The van der Waals surface area contributed by atoms with E-state index in [0.717, 1.165) is 5.69 Å². The minimum atomic E-state index is -0.437. The third-order valence-corrected chi connectivity index (χ3v) is 1.54. The van der Waals surface area contributed by atoms with Crippen LogP contribution < -0.4 is 0 Å². The van der Waals surface area contributed by atoms with Crippen molar-refractivity contribution in [1.82, 2.24) is 4.57 Å². The summed E-state index contributed by atoms with van der Waals surface area (Å²) < 4.78 is 6.68. The Morgan fingerprint density at radius 2 is 2.08 bits per heavy atom. The second-order valence-corrected chi connectivity index (χ2v) is 4.00. The van der Waals surface area contributed by atoms with Crippen LogP contribution in [0.4, 0.5) is 4.79 Å². The number of carbonyl (C=O) groups is 1. The first-order valence-electron chi connectivity index (χ1n) is 4.27. The standard InChI is InChI=1S/C10H15NO2/c1-8-6-5-7-11(8)9(12)13-10(2,3)4/h5-7H,1-4H3. The summed E-state index contributed by atoms with van der Waals surface area (Å²) >= 11 is 0. The molecule has 0 aliphatic rings. The molecular formula is C10H15NO2. The number of aryl methyl sites for hydroxylation is 1. The molecule has 0 saturated heterocycles. The van der Waals surface area contributed by atoms with E-state index in [1.54, 1.807) is 6.20 Å². The fourth-order valence-electron chi connectivity index (χ4n) is 0.982. The Bertz CT molecular complexity index is 307. The maximum absolute atomic E-state index is 11.5. The lowest BCUT2D eigenvalue weighted by atomic mass is 10.2. The molecule has 1 rings (SSSR count). The van der Waals surface area contributed by atoms with Gasteiger partial charge in [-0.15, -0.1) is 0 Å². The minimum Gasteiger partial charge on any atom is -0.443 e. The van der Waals surface area contributed by atoms with Gasteiger partial charge in [-0.2, -0.15) is 0 Å². The average molecular weight is 181 g/mol. The molecule has 0 aromatic carbocycles. The van der Waals surface area contributed by atoms with Crippen LogP contribution in [-0.2, 0) is 4.74 Å². The van der Waals surface area contributed by atoms with Crippen LogP contribution in [-0.4, -0.2) is 16.3 Å². The molecule has 3 nitrogen and oxygen atoms in total. The van der Waals surface area contributed by atoms with Crippen LogP contribution in [0.1, 0.15) is 26.5 Å². The zero-order valence-corrected chi connectivity index (χ0v) is 8.50. The van der Waals surface area contributed by atoms with Crippen LogP contribution in [0.25, 0.3) is 0 Å². The lowest BCUT2D eigenvalue weighted by Crippen LogP contribution is -2.27. The van der Waals surface area contributed by atoms with Crippen LogP contribution in [0.2, 0.25) is 0 Å². The van der Waals surface area contributed by atoms with Gasteiger partial charge in [0, 0.05) is 11.9 Å². The molecule has 1 aromatic rings. The molecule has 13 heavy (non-hydrogen) atoms. The van der Waals surface area contributed by atoms with Crippen molar-refractivity contribution in [1.29, 1.82) is 0 Å². The fraction of sp³-hybridized carbons (Fsp3) is 0.500. The van der Waals surface area contributed by atoms with Gasteiger partial charge in [-0.1, -0.05) is 0 Å². The molecule has 3 heteroatoms. The van der Waals surface area contributed by atoms with Crippen molar-refractivity contribution in [3.05, 3.63) is 24.0 Å². The van der Waals surface area contributed by atoms with E-state index in [4.69, 9.17) is 4.74 Å². The molecule has 0 amide bonds. The Kier molecular flexibility index (Phi) is 2.45. The van der Waals surface area contributed by atoms with Crippen molar-refractivity contribution in [3.8, 4) is 0 Å². The normalized spacial score (nSPS) is 11.4. The monoisotopic (exact) mass is 181 g/mol. The van der Waals surface area contributed by atoms with Crippen LogP contribution in [0.5, 0.6) is 0 Å². The van der Waals surface area contributed by atoms with Crippen LogP contribution in [0.15, 0.2) is 18.3 Å². The summed E-state index contributed by atoms with van der Waals surface area (Å²) in [7, 11) is 0. The predicted molar refractivity (Wildman–Crippen MR) is 50.8 cm³/mol. The highest BCUT2D eigenvalue weighted by Gasteiger charge is 2.17. The van der Waals surface area contributed by atoms with Gasteiger partial charge in [-0.3, -0.25) is 4.57 Å².